The summed E-state index contributed by atoms with van der Waals surface area (Å²) in [5.41, 5.74) is 0. The van der Waals surface area contributed by atoms with Crippen molar-refractivity contribution in [2.45, 2.75) is 11.3 Å². The summed E-state index contributed by atoms with van der Waals surface area (Å²) in [5.74, 6) is -0.975. The quantitative estimate of drug-likeness (QED) is 0.886. The molecule has 1 heterocycles. The first kappa shape index (κ1) is 14.2. The lowest BCUT2D eigenvalue weighted by atomic mass is 10.3. The molecule has 1 aliphatic heterocycles. The van der Waals surface area contributed by atoms with Crippen molar-refractivity contribution in [2.24, 2.45) is 0 Å². The van der Waals surface area contributed by atoms with E-state index in [0.29, 0.717) is 13.0 Å². The average molecular weight is 307 g/mol. The van der Waals surface area contributed by atoms with E-state index in [0.717, 1.165) is 22.5 Å². The molecule has 0 aliphatic carbocycles. The van der Waals surface area contributed by atoms with Gasteiger partial charge in [-0.3, -0.25) is 4.79 Å². The highest BCUT2D eigenvalue weighted by molar-refractivity contribution is 7.89. The molecule has 1 aromatic rings. The fourth-order valence-corrected chi connectivity index (χ4v) is 3.75. The number of benzene rings is 1. The van der Waals surface area contributed by atoms with Crippen molar-refractivity contribution in [3.05, 3.63) is 29.0 Å². The first-order valence-corrected chi connectivity index (χ1v) is 7.45. The fourth-order valence-electron chi connectivity index (χ4n) is 1.81. The van der Waals surface area contributed by atoms with E-state index < -0.39 is 15.8 Å². The molecular formula is C11H12ClFN2O3S. The second-order valence-electron chi connectivity index (χ2n) is 4.12. The average Bonchev–Trinajstić information content (AvgIpc) is 2.53. The van der Waals surface area contributed by atoms with Gasteiger partial charge in [0.1, 0.15) is 10.7 Å². The van der Waals surface area contributed by atoms with E-state index in [-0.39, 0.29) is 28.9 Å². The van der Waals surface area contributed by atoms with E-state index in [9.17, 15) is 17.6 Å². The summed E-state index contributed by atoms with van der Waals surface area (Å²) >= 11 is 5.76. The largest absolute Gasteiger partial charge is 0.355 e. The molecule has 104 valence electrons. The van der Waals surface area contributed by atoms with Crippen molar-refractivity contribution >= 4 is 27.5 Å². The summed E-state index contributed by atoms with van der Waals surface area (Å²) in [6, 6.07) is 3.07. The van der Waals surface area contributed by atoms with Crippen LogP contribution in [0.4, 0.5) is 4.39 Å². The number of nitrogens with zero attached hydrogens (tertiary/aromatic N) is 1. The minimum atomic E-state index is -3.89. The molecule has 0 atom stereocenters. The van der Waals surface area contributed by atoms with Gasteiger partial charge in [-0.05, 0) is 24.6 Å². The molecule has 1 aromatic carbocycles. The van der Waals surface area contributed by atoms with Crippen LogP contribution in [0.5, 0.6) is 0 Å². The number of sulfonamides is 1. The van der Waals surface area contributed by atoms with Gasteiger partial charge in [-0.1, -0.05) is 11.6 Å². The van der Waals surface area contributed by atoms with Gasteiger partial charge in [0.25, 0.3) is 0 Å². The Morgan fingerprint density at radius 3 is 2.79 bits per heavy atom. The van der Waals surface area contributed by atoms with Gasteiger partial charge < -0.3 is 5.32 Å². The number of nitrogens with one attached hydrogen (secondary N) is 1. The zero-order chi connectivity index (χ0) is 14.0. The first-order chi connectivity index (χ1) is 8.91. The Hall–Kier alpha value is -1.18. The lowest BCUT2D eigenvalue weighted by Crippen LogP contribution is -2.37. The summed E-state index contributed by atoms with van der Waals surface area (Å²) in [6.45, 7) is 0.396. The SMILES string of the molecule is O=C1CN(S(=O)(=O)c2ccc(F)cc2Cl)CCCN1. The maximum absolute atomic E-state index is 12.9. The molecule has 0 saturated carbocycles. The van der Waals surface area contributed by atoms with E-state index >= 15 is 0 Å². The standard InChI is InChI=1S/C11H12ClFN2O3S/c12-9-6-8(13)2-3-10(9)19(17,18)15-5-1-4-14-11(16)7-15/h2-3,6H,1,4-5,7H2,(H,14,16). The molecule has 0 bridgehead atoms. The highest BCUT2D eigenvalue weighted by Gasteiger charge is 2.29. The van der Waals surface area contributed by atoms with Crippen molar-refractivity contribution in [3.63, 3.8) is 0 Å². The van der Waals surface area contributed by atoms with E-state index in [1.807, 2.05) is 0 Å². The molecule has 1 fully saturated rings. The lowest BCUT2D eigenvalue weighted by molar-refractivity contribution is -0.120. The molecule has 5 nitrogen and oxygen atoms in total. The highest BCUT2D eigenvalue weighted by atomic mass is 35.5. The van der Waals surface area contributed by atoms with Gasteiger partial charge in [0.15, 0.2) is 0 Å². The van der Waals surface area contributed by atoms with E-state index in [2.05, 4.69) is 5.32 Å². The second-order valence-corrected chi connectivity index (χ2v) is 6.43. The smallest absolute Gasteiger partial charge is 0.245 e. The molecule has 0 unspecified atom stereocenters. The number of halogens is 2. The van der Waals surface area contributed by atoms with E-state index in [4.69, 9.17) is 11.6 Å². The van der Waals surface area contributed by atoms with Crippen molar-refractivity contribution < 1.29 is 17.6 Å². The van der Waals surface area contributed by atoms with Crippen LogP contribution in [0.1, 0.15) is 6.42 Å². The van der Waals surface area contributed by atoms with Crippen molar-refractivity contribution in [3.8, 4) is 0 Å². The van der Waals surface area contributed by atoms with Gasteiger partial charge in [0, 0.05) is 13.1 Å². The summed E-state index contributed by atoms with van der Waals surface area (Å²) in [4.78, 5) is 11.2. The Labute approximate surface area is 115 Å². The van der Waals surface area contributed by atoms with Crippen LogP contribution in [-0.4, -0.2) is 38.3 Å². The van der Waals surface area contributed by atoms with Gasteiger partial charge in [-0.25, -0.2) is 12.8 Å². The van der Waals surface area contributed by atoms with Crippen LogP contribution >= 0.6 is 11.6 Å². The lowest BCUT2D eigenvalue weighted by Gasteiger charge is -2.19. The minimum absolute atomic E-state index is 0.190. The molecular weight excluding hydrogens is 295 g/mol. The topological polar surface area (TPSA) is 66.5 Å². The number of carbonyl (C=O) groups excluding carboxylic acids is 1. The number of rotatable bonds is 2. The highest BCUT2D eigenvalue weighted by Crippen LogP contribution is 2.25. The normalized spacial score (nSPS) is 17.9. The van der Waals surface area contributed by atoms with Gasteiger partial charge in [0.2, 0.25) is 15.9 Å². The van der Waals surface area contributed by atoms with E-state index in [1.165, 1.54) is 0 Å². The molecule has 0 radical (unpaired) electrons. The van der Waals surface area contributed by atoms with Gasteiger partial charge >= 0.3 is 0 Å². The number of carbonyl (C=O) groups is 1. The number of hydrogen-bond donors (Lipinski definition) is 1. The second kappa shape index (κ2) is 5.44. The first-order valence-electron chi connectivity index (χ1n) is 5.63. The summed E-state index contributed by atoms with van der Waals surface area (Å²) in [7, 11) is -3.89. The monoisotopic (exact) mass is 306 g/mol. The maximum Gasteiger partial charge on any atom is 0.245 e. The van der Waals surface area contributed by atoms with Crippen LogP contribution in [0.25, 0.3) is 0 Å². The minimum Gasteiger partial charge on any atom is -0.355 e. The molecule has 1 amide bonds. The summed E-state index contributed by atoms with van der Waals surface area (Å²) in [5, 5.41) is 2.39. The van der Waals surface area contributed by atoms with E-state index in [1.54, 1.807) is 0 Å². The molecule has 8 heteroatoms. The summed E-state index contributed by atoms with van der Waals surface area (Å²) in [6.07, 6.45) is 0.518. The Balaban J connectivity index is 2.38. The van der Waals surface area contributed by atoms with Gasteiger partial charge in [-0.15, -0.1) is 0 Å². The molecule has 2 rings (SSSR count). The fraction of sp³-hybridized carbons (Fsp3) is 0.364. The van der Waals surface area contributed by atoms with Crippen molar-refractivity contribution in [1.82, 2.24) is 9.62 Å². The Morgan fingerprint density at radius 2 is 2.11 bits per heavy atom. The molecule has 0 aromatic heterocycles. The van der Waals surface area contributed by atoms with Crippen LogP contribution in [0.3, 0.4) is 0 Å². The Bertz CT molecular complexity index is 606. The Kier molecular flexibility index (Phi) is 4.07. The number of amides is 1. The number of hydrogen-bond acceptors (Lipinski definition) is 3. The van der Waals surface area contributed by atoms with Crippen LogP contribution in [0, 0.1) is 5.82 Å². The van der Waals surface area contributed by atoms with Crippen molar-refractivity contribution in [1.29, 1.82) is 0 Å². The molecule has 1 N–H and O–H groups in total. The van der Waals surface area contributed by atoms with Crippen LogP contribution in [-0.2, 0) is 14.8 Å². The maximum atomic E-state index is 12.9. The molecule has 0 spiro atoms. The molecule has 1 aliphatic rings. The third-order valence-corrected chi connectivity index (χ3v) is 5.07. The van der Waals surface area contributed by atoms with Crippen LogP contribution in [0.15, 0.2) is 23.1 Å². The van der Waals surface area contributed by atoms with Crippen molar-refractivity contribution in [2.75, 3.05) is 19.6 Å². The predicted octanol–water partition coefficient (Wildman–Crippen LogP) is 0.990. The zero-order valence-electron chi connectivity index (χ0n) is 9.90. The molecule has 19 heavy (non-hydrogen) atoms. The van der Waals surface area contributed by atoms with Gasteiger partial charge in [0.05, 0.1) is 11.6 Å². The Morgan fingerprint density at radius 1 is 1.37 bits per heavy atom. The molecule has 1 saturated heterocycles. The van der Waals surface area contributed by atoms with Crippen LogP contribution in [0.2, 0.25) is 5.02 Å². The predicted molar refractivity (Wildman–Crippen MR) is 67.8 cm³/mol. The summed E-state index contributed by atoms with van der Waals surface area (Å²) < 4.78 is 38.7. The zero-order valence-corrected chi connectivity index (χ0v) is 11.5. The third-order valence-electron chi connectivity index (χ3n) is 2.74. The van der Waals surface area contributed by atoms with Gasteiger partial charge in [-0.2, -0.15) is 4.31 Å². The third kappa shape index (κ3) is 3.05. The van der Waals surface area contributed by atoms with Crippen LogP contribution < -0.4 is 5.32 Å².